The van der Waals surface area contributed by atoms with E-state index < -0.39 is 11.6 Å². The average Bonchev–Trinajstić information content (AvgIpc) is 2.40. The van der Waals surface area contributed by atoms with Gasteiger partial charge in [0.1, 0.15) is 5.56 Å². The number of carbonyl (C=O) groups is 1. The van der Waals surface area contributed by atoms with Gasteiger partial charge in [-0.15, -0.1) is 0 Å². The molecule has 1 heterocycles. The lowest BCUT2D eigenvalue weighted by atomic mass is 9.71. The Hall–Kier alpha value is -1.62. The molecule has 5 nitrogen and oxygen atoms in total. The van der Waals surface area contributed by atoms with Crippen LogP contribution in [0.5, 0.6) is 0 Å². The van der Waals surface area contributed by atoms with Crippen LogP contribution in [0.1, 0.15) is 55.6 Å². The second-order valence-electron chi connectivity index (χ2n) is 6.92. The second-order valence-corrected chi connectivity index (χ2v) is 6.92. The molecule has 116 valence electrons. The highest BCUT2D eigenvalue weighted by atomic mass is 16.4. The quantitative estimate of drug-likeness (QED) is 0.795. The molecule has 0 aliphatic heterocycles. The first-order valence-corrected chi connectivity index (χ1v) is 7.37. The number of anilines is 1. The third-order valence-electron chi connectivity index (χ3n) is 4.41. The monoisotopic (exact) mass is 292 g/mol. The zero-order valence-electron chi connectivity index (χ0n) is 12.9. The average molecular weight is 292 g/mol. The molecule has 2 rings (SSSR count). The highest BCUT2D eigenvalue weighted by Crippen LogP contribution is 2.40. The number of nitrogens with zero attached hydrogens (tertiary/aromatic N) is 1. The van der Waals surface area contributed by atoms with Crippen molar-refractivity contribution >= 4 is 11.7 Å². The molecule has 0 radical (unpaired) electrons. The molecular formula is C16H24N2O3. The molecule has 1 saturated carbocycles. The number of hydrogen-bond acceptors (Lipinski definition) is 4. The fraction of sp³-hybridized carbons (Fsp3) is 0.625. The highest BCUT2D eigenvalue weighted by Gasteiger charge is 2.36. The van der Waals surface area contributed by atoms with Crippen LogP contribution in [0.4, 0.5) is 5.69 Å². The van der Waals surface area contributed by atoms with Gasteiger partial charge in [0, 0.05) is 18.4 Å². The number of nitrogens with one attached hydrogen (secondary N) is 1. The standard InChI is InChI=1S/C16H24N2O3/c1-11-8-13(12(9-17-11)14(19)20)18-10-16(21)6-4-15(2,3)5-7-16/h8-9,21H,4-7,10H2,1-3H3,(H,17,18)(H,19,20). The Kier molecular flexibility index (Phi) is 4.23. The van der Waals surface area contributed by atoms with Gasteiger partial charge in [0.15, 0.2) is 0 Å². The van der Waals surface area contributed by atoms with Gasteiger partial charge in [-0.3, -0.25) is 4.98 Å². The van der Waals surface area contributed by atoms with Gasteiger partial charge in [0.2, 0.25) is 0 Å². The number of rotatable bonds is 4. The van der Waals surface area contributed by atoms with Crippen LogP contribution in [0.2, 0.25) is 0 Å². The molecule has 5 heteroatoms. The number of carboxylic acids is 1. The minimum Gasteiger partial charge on any atom is -0.478 e. The number of aromatic carboxylic acids is 1. The van der Waals surface area contributed by atoms with Crippen molar-refractivity contribution in [2.24, 2.45) is 5.41 Å². The van der Waals surface area contributed by atoms with Crippen molar-refractivity contribution in [2.75, 3.05) is 11.9 Å². The maximum atomic E-state index is 11.2. The number of carboxylic acid groups (broad SMARTS) is 1. The number of hydrogen-bond donors (Lipinski definition) is 3. The number of aliphatic hydroxyl groups is 1. The van der Waals surface area contributed by atoms with E-state index in [1.807, 2.05) is 6.92 Å². The van der Waals surface area contributed by atoms with E-state index in [9.17, 15) is 15.0 Å². The van der Waals surface area contributed by atoms with E-state index in [-0.39, 0.29) is 11.0 Å². The molecule has 1 fully saturated rings. The van der Waals surface area contributed by atoms with Gasteiger partial charge in [-0.25, -0.2) is 4.79 Å². The molecule has 0 amide bonds. The first-order chi connectivity index (χ1) is 9.71. The Morgan fingerprint density at radius 2 is 1.95 bits per heavy atom. The third-order valence-corrected chi connectivity index (χ3v) is 4.41. The summed E-state index contributed by atoms with van der Waals surface area (Å²) in [7, 11) is 0. The molecule has 0 spiro atoms. The Bertz CT molecular complexity index is 530. The zero-order chi connectivity index (χ0) is 15.7. The largest absolute Gasteiger partial charge is 0.478 e. The first-order valence-electron chi connectivity index (χ1n) is 7.37. The van der Waals surface area contributed by atoms with Gasteiger partial charge in [0.25, 0.3) is 0 Å². The van der Waals surface area contributed by atoms with E-state index in [0.29, 0.717) is 12.2 Å². The molecule has 1 aromatic heterocycles. The Morgan fingerprint density at radius 3 is 2.52 bits per heavy atom. The van der Waals surface area contributed by atoms with Crippen LogP contribution in [0, 0.1) is 12.3 Å². The summed E-state index contributed by atoms with van der Waals surface area (Å²) in [4.78, 5) is 15.2. The Morgan fingerprint density at radius 1 is 1.33 bits per heavy atom. The van der Waals surface area contributed by atoms with E-state index in [4.69, 9.17) is 0 Å². The van der Waals surface area contributed by atoms with Crippen LogP contribution in [-0.2, 0) is 0 Å². The molecule has 0 unspecified atom stereocenters. The van der Waals surface area contributed by atoms with Crippen molar-refractivity contribution in [3.63, 3.8) is 0 Å². The lowest BCUT2D eigenvalue weighted by Crippen LogP contribution is -2.42. The van der Waals surface area contributed by atoms with Crippen molar-refractivity contribution in [1.82, 2.24) is 4.98 Å². The summed E-state index contributed by atoms with van der Waals surface area (Å²) in [6, 6.07) is 1.71. The van der Waals surface area contributed by atoms with Gasteiger partial charge in [-0.2, -0.15) is 0 Å². The topological polar surface area (TPSA) is 82.5 Å². The summed E-state index contributed by atoms with van der Waals surface area (Å²) >= 11 is 0. The summed E-state index contributed by atoms with van der Waals surface area (Å²) in [5.74, 6) is -1.01. The molecule has 3 N–H and O–H groups in total. The lowest BCUT2D eigenvalue weighted by Gasteiger charge is -2.40. The molecule has 1 aromatic rings. The van der Waals surface area contributed by atoms with Crippen LogP contribution in [0.15, 0.2) is 12.3 Å². The summed E-state index contributed by atoms with van der Waals surface area (Å²) in [6.07, 6.45) is 4.78. The van der Waals surface area contributed by atoms with E-state index in [1.165, 1.54) is 6.20 Å². The van der Waals surface area contributed by atoms with Gasteiger partial charge in [0.05, 0.1) is 11.3 Å². The van der Waals surface area contributed by atoms with E-state index >= 15 is 0 Å². The molecule has 0 saturated heterocycles. The fourth-order valence-corrected chi connectivity index (χ4v) is 2.71. The van der Waals surface area contributed by atoms with Crippen molar-refractivity contribution in [1.29, 1.82) is 0 Å². The third kappa shape index (κ3) is 3.94. The minimum atomic E-state index is -1.01. The van der Waals surface area contributed by atoms with E-state index in [1.54, 1.807) is 6.07 Å². The second kappa shape index (κ2) is 5.64. The van der Waals surface area contributed by atoms with Crippen molar-refractivity contribution in [3.05, 3.63) is 23.5 Å². The maximum Gasteiger partial charge on any atom is 0.339 e. The van der Waals surface area contributed by atoms with Crippen LogP contribution in [0.3, 0.4) is 0 Å². The molecular weight excluding hydrogens is 268 g/mol. The number of aromatic nitrogens is 1. The van der Waals surface area contributed by atoms with Crippen LogP contribution >= 0.6 is 0 Å². The molecule has 0 atom stereocenters. The normalized spacial score (nSPS) is 20.0. The van der Waals surface area contributed by atoms with E-state index in [2.05, 4.69) is 24.1 Å². The first kappa shape index (κ1) is 15.8. The van der Waals surface area contributed by atoms with Gasteiger partial charge in [-0.05, 0) is 44.1 Å². The lowest BCUT2D eigenvalue weighted by molar-refractivity contribution is -0.0145. The maximum absolute atomic E-state index is 11.2. The number of pyridine rings is 1. The van der Waals surface area contributed by atoms with Gasteiger partial charge >= 0.3 is 5.97 Å². The molecule has 1 aliphatic carbocycles. The van der Waals surface area contributed by atoms with Crippen LogP contribution in [-0.4, -0.2) is 33.3 Å². The highest BCUT2D eigenvalue weighted by molar-refractivity contribution is 5.93. The zero-order valence-corrected chi connectivity index (χ0v) is 12.9. The SMILES string of the molecule is Cc1cc(NCC2(O)CCC(C)(C)CC2)c(C(=O)O)cn1. The minimum absolute atomic E-state index is 0.139. The predicted molar refractivity (Wildman–Crippen MR) is 81.6 cm³/mol. The smallest absolute Gasteiger partial charge is 0.339 e. The van der Waals surface area contributed by atoms with E-state index in [0.717, 1.165) is 31.4 Å². The predicted octanol–water partition coefficient (Wildman–Crippen LogP) is 2.83. The molecule has 0 aromatic carbocycles. The van der Waals surface area contributed by atoms with Crippen molar-refractivity contribution < 1.29 is 15.0 Å². The van der Waals surface area contributed by atoms with Crippen molar-refractivity contribution in [3.8, 4) is 0 Å². The van der Waals surface area contributed by atoms with Crippen LogP contribution < -0.4 is 5.32 Å². The summed E-state index contributed by atoms with van der Waals surface area (Å²) in [6.45, 7) is 6.62. The van der Waals surface area contributed by atoms with Gasteiger partial charge in [-0.1, -0.05) is 13.8 Å². The number of aryl methyl sites for hydroxylation is 1. The Balaban J connectivity index is 2.06. The molecule has 21 heavy (non-hydrogen) atoms. The Labute approximate surface area is 125 Å². The van der Waals surface area contributed by atoms with Crippen molar-refractivity contribution in [2.45, 2.75) is 52.1 Å². The summed E-state index contributed by atoms with van der Waals surface area (Å²) in [5.41, 5.74) is 0.932. The van der Waals surface area contributed by atoms with Gasteiger partial charge < -0.3 is 15.5 Å². The fourth-order valence-electron chi connectivity index (χ4n) is 2.71. The van der Waals surface area contributed by atoms with Crippen LogP contribution in [0.25, 0.3) is 0 Å². The molecule has 1 aliphatic rings. The summed E-state index contributed by atoms with van der Waals surface area (Å²) in [5, 5.41) is 22.9. The summed E-state index contributed by atoms with van der Waals surface area (Å²) < 4.78 is 0. The molecule has 0 bridgehead atoms.